The molecule has 204 valence electrons. The molecule has 1 aromatic heterocycles. The average molecular weight is 530 g/mol. The van der Waals surface area contributed by atoms with Crippen molar-refractivity contribution in [2.75, 3.05) is 0 Å². The topological polar surface area (TPSA) is 71.7 Å². The highest BCUT2D eigenvalue weighted by molar-refractivity contribution is 5.97. The zero-order valence-electron chi connectivity index (χ0n) is 23.0. The van der Waals surface area contributed by atoms with E-state index in [4.69, 9.17) is 9.15 Å². The molecule has 0 aliphatic rings. The molecule has 0 atom stereocenters. The second-order valence-electron chi connectivity index (χ2n) is 9.14. The molecule has 0 saturated heterocycles. The lowest BCUT2D eigenvalue weighted by atomic mass is 9.93. The molecule has 0 saturated carbocycles. The van der Waals surface area contributed by atoms with Crippen molar-refractivity contribution in [2.45, 2.75) is 53.5 Å². The smallest absolute Gasteiger partial charge is 0.336 e. The molecule has 0 amide bonds. The monoisotopic (exact) mass is 529 g/mol. The molecule has 3 rings (SSSR count). The van der Waals surface area contributed by atoms with Gasteiger partial charge in [0.2, 0.25) is 0 Å². The van der Waals surface area contributed by atoms with Crippen LogP contribution in [0.25, 0.3) is 5.57 Å². The van der Waals surface area contributed by atoms with Crippen molar-refractivity contribution >= 4 is 11.5 Å². The number of aliphatic carboxylic acids is 1. The number of furan rings is 1. The fourth-order valence-electron chi connectivity index (χ4n) is 4.10. The summed E-state index contributed by atoms with van der Waals surface area (Å²) in [6, 6.07) is 17.1. The Bertz CT molecular complexity index is 1350. The summed E-state index contributed by atoms with van der Waals surface area (Å²) in [6.07, 6.45) is 9.86. The van der Waals surface area contributed by atoms with Gasteiger partial charge in [0.25, 0.3) is 0 Å². The maximum atomic E-state index is 13.1. The van der Waals surface area contributed by atoms with Gasteiger partial charge in [-0.05, 0) is 92.4 Å². The molecule has 0 aliphatic heterocycles. The molecule has 2 aromatic carbocycles. The molecule has 0 radical (unpaired) electrons. The highest BCUT2D eigenvalue weighted by Crippen LogP contribution is 2.28. The molecule has 5 nitrogen and oxygen atoms in total. The van der Waals surface area contributed by atoms with Crippen LogP contribution in [0.3, 0.4) is 0 Å². The van der Waals surface area contributed by atoms with Crippen LogP contribution in [0.1, 0.15) is 58.3 Å². The van der Waals surface area contributed by atoms with Crippen molar-refractivity contribution in [3.63, 3.8) is 0 Å². The number of unbranched alkanes of at least 4 members (excludes halogenated alkanes) is 1. The van der Waals surface area contributed by atoms with Crippen molar-refractivity contribution < 1.29 is 23.4 Å². The first-order valence-electron chi connectivity index (χ1n) is 13.2. The minimum Gasteiger partial charge on any atom is -0.478 e. The van der Waals surface area contributed by atoms with E-state index < -0.39 is 5.97 Å². The highest BCUT2D eigenvalue weighted by atomic mass is 19.1. The molecule has 0 unspecified atom stereocenters. The number of ether oxygens (including phenoxy) is 1. The summed E-state index contributed by atoms with van der Waals surface area (Å²) in [7, 11) is 0. The van der Waals surface area contributed by atoms with Crippen molar-refractivity contribution in [3.8, 4) is 11.5 Å². The van der Waals surface area contributed by atoms with Crippen LogP contribution < -0.4 is 10.1 Å². The van der Waals surface area contributed by atoms with Gasteiger partial charge >= 0.3 is 5.97 Å². The Morgan fingerprint density at radius 1 is 1.00 bits per heavy atom. The molecule has 0 aliphatic carbocycles. The zero-order chi connectivity index (χ0) is 28.2. The van der Waals surface area contributed by atoms with Crippen molar-refractivity contribution in [3.05, 3.63) is 125 Å². The summed E-state index contributed by atoms with van der Waals surface area (Å²) in [6.45, 7) is 8.44. The van der Waals surface area contributed by atoms with Crippen LogP contribution in [-0.2, 0) is 11.3 Å². The van der Waals surface area contributed by atoms with Gasteiger partial charge < -0.3 is 19.6 Å². The van der Waals surface area contributed by atoms with E-state index in [1.54, 1.807) is 30.5 Å². The fraction of sp³-hybridized carbons (Fsp3) is 0.242. The second kappa shape index (κ2) is 14.6. The standard InChI is InChI=1S/C33H36FNO4/c1-5-7-10-23(3)32(30(33(36)37)21-26(9-6-2)31-11-8-20-38-31)24(4)35-22-25-12-16-28(17-13-25)39-29-18-14-27(34)15-19-29/h8-21,35H,5-7,22H2,1-4H3,(H,36,37)/b23-10-,26-9-,30-21+,32-24+. The first-order valence-corrected chi connectivity index (χ1v) is 13.2. The maximum absolute atomic E-state index is 13.1. The minimum absolute atomic E-state index is 0.198. The number of hydrogen-bond donors (Lipinski definition) is 2. The Kier molecular flexibility index (Phi) is 10.9. The predicted octanol–water partition coefficient (Wildman–Crippen LogP) is 8.83. The normalized spacial score (nSPS) is 13.2. The van der Waals surface area contributed by atoms with Crippen molar-refractivity contribution in [2.24, 2.45) is 0 Å². The van der Waals surface area contributed by atoms with E-state index in [1.165, 1.54) is 12.1 Å². The summed E-state index contributed by atoms with van der Waals surface area (Å²) < 4.78 is 24.5. The van der Waals surface area contributed by atoms with Gasteiger partial charge in [-0.3, -0.25) is 0 Å². The lowest BCUT2D eigenvalue weighted by Gasteiger charge is -2.17. The Balaban J connectivity index is 1.88. The van der Waals surface area contributed by atoms with Gasteiger partial charge in [0, 0.05) is 23.4 Å². The first kappa shape index (κ1) is 29.2. The van der Waals surface area contributed by atoms with Crippen LogP contribution in [0.4, 0.5) is 4.39 Å². The minimum atomic E-state index is -1.01. The SMILES string of the molecule is CC/C=C(/C=C(C(=O)O)\C(C(\C)=C/CCC)=C(/C)NCc1ccc(Oc2ccc(F)cc2)cc1)c1ccco1. The summed E-state index contributed by atoms with van der Waals surface area (Å²) in [5.41, 5.74) is 4.23. The number of rotatable bonds is 13. The van der Waals surface area contributed by atoms with Crippen LogP contribution in [-0.4, -0.2) is 11.1 Å². The third kappa shape index (κ3) is 8.60. The van der Waals surface area contributed by atoms with E-state index in [0.717, 1.165) is 41.7 Å². The molecule has 39 heavy (non-hydrogen) atoms. The zero-order valence-corrected chi connectivity index (χ0v) is 23.0. The largest absolute Gasteiger partial charge is 0.478 e. The molecule has 2 N–H and O–H groups in total. The van der Waals surface area contributed by atoms with E-state index in [9.17, 15) is 14.3 Å². The third-order valence-corrected chi connectivity index (χ3v) is 6.07. The summed E-state index contributed by atoms with van der Waals surface area (Å²) in [5, 5.41) is 13.7. The van der Waals surface area contributed by atoms with Crippen LogP contribution in [0.5, 0.6) is 11.5 Å². The van der Waals surface area contributed by atoms with Crippen LogP contribution in [0.15, 0.2) is 112 Å². The third-order valence-electron chi connectivity index (χ3n) is 6.07. The predicted molar refractivity (Wildman–Crippen MR) is 154 cm³/mol. The van der Waals surface area contributed by atoms with E-state index in [1.807, 2.05) is 57.2 Å². The van der Waals surface area contributed by atoms with Gasteiger partial charge in [-0.1, -0.05) is 44.6 Å². The van der Waals surface area contributed by atoms with Gasteiger partial charge in [0.1, 0.15) is 23.1 Å². The molecule has 3 aromatic rings. The number of allylic oxidation sites excluding steroid dienone is 6. The van der Waals surface area contributed by atoms with Gasteiger partial charge in [0.15, 0.2) is 0 Å². The molecule has 6 heteroatoms. The molecular formula is C33H36FNO4. The number of carbonyl (C=O) groups is 1. The van der Waals surface area contributed by atoms with E-state index >= 15 is 0 Å². The van der Waals surface area contributed by atoms with Gasteiger partial charge in [-0.25, -0.2) is 9.18 Å². The van der Waals surface area contributed by atoms with Crippen LogP contribution >= 0.6 is 0 Å². The van der Waals surface area contributed by atoms with Crippen molar-refractivity contribution in [1.29, 1.82) is 0 Å². The lowest BCUT2D eigenvalue weighted by Crippen LogP contribution is -2.17. The lowest BCUT2D eigenvalue weighted by molar-refractivity contribution is -0.132. The summed E-state index contributed by atoms with van der Waals surface area (Å²) in [4.78, 5) is 12.6. The Morgan fingerprint density at radius 3 is 2.23 bits per heavy atom. The summed E-state index contributed by atoms with van der Waals surface area (Å²) in [5.74, 6) is 0.496. The molecule has 0 spiro atoms. The number of carboxylic acid groups (broad SMARTS) is 1. The Morgan fingerprint density at radius 2 is 1.67 bits per heavy atom. The van der Waals surface area contributed by atoms with Gasteiger partial charge in [-0.2, -0.15) is 0 Å². The second-order valence-corrected chi connectivity index (χ2v) is 9.14. The fourth-order valence-corrected chi connectivity index (χ4v) is 4.10. The van der Waals surface area contributed by atoms with Gasteiger partial charge in [0.05, 0.1) is 11.8 Å². The number of benzene rings is 2. The summed E-state index contributed by atoms with van der Waals surface area (Å²) >= 11 is 0. The number of hydrogen-bond acceptors (Lipinski definition) is 4. The Labute approximate surface area is 230 Å². The van der Waals surface area contributed by atoms with Gasteiger partial charge in [-0.15, -0.1) is 0 Å². The first-order chi connectivity index (χ1) is 18.8. The molecule has 1 heterocycles. The van der Waals surface area contributed by atoms with Crippen LogP contribution in [0.2, 0.25) is 0 Å². The maximum Gasteiger partial charge on any atom is 0.336 e. The molecule has 0 fully saturated rings. The average Bonchev–Trinajstić information content (AvgIpc) is 3.47. The number of carboxylic acids is 1. The number of nitrogens with one attached hydrogen (secondary N) is 1. The van der Waals surface area contributed by atoms with E-state index in [-0.39, 0.29) is 11.4 Å². The molecule has 0 bridgehead atoms. The van der Waals surface area contributed by atoms with Crippen LogP contribution in [0, 0.1) is 5.82 Å². The highest BCUT2D eigenvalue weighted by Gasteiger charge is 2.19. The van der Waals surface area contributed by atoms with E-state index in [0.29, 0.717) is 29.4 Å². The quantitative estimate of drug-likeness (QED) is 0.171. The number of halogens is 1. The van der Waals surface area contributed by atoms with E-state index in [2.05, 4.69) is 18.3 Å². The van der Waals surface area contributed by atoms with Crippen molar-refractivity contribution in [1.82, 2.24) is 5.32 Å². The Hall–Kier alpha value is -4.32. The molecular weight excluding hydrogens is 493 g/mol.